The molecule has 102 valence electrons. The van der Waals surface area contributed by atoms with Crippen LogP contribution in [-0.2, 0) is 20.1 Å². The fourth-order valence-electron chi connectivity index (χ4n) is 2.14. The molecule has 19 heavy (non-hydrogen) atoms. The van der Waals surface area contributed by atoms with Crippen molar-refractivity contribution in [1.29, 1.82) is 0 Å². The van der Waals surface area contributed by atoms with Crippen LogP contribution in [0.4, 0.5) is 5.69 Å². The molecule has 0 saturated carbocycles. The molecule has 4 nitrogen and oxygen atoms in total. The van der Waals surface area contributed by atoms with Crippen LogP contribution < -0.4 is 10.2 Å². The Kier molecular flexibility index (Phi) is 4.45. The standard InChI is InChI=1S/C14H19ClN4/c1-16-8-12-4-5-13(15)6-14(12)18(2)9-11-7-17-19(3)10-11/h4-7,10,16H,8-9H2,1-3H3. The van der Waals surface area contributed by atoms with Gasteiger partial charge in [-0.2, -0.15) is 5.10 Å². The summed E-state index contributed by atoms with van der Waals surface area (Å²) in [6.07, 6.45) is 3.91. The van der Waals surface area contributed by atoms with Crippen LogP contribution in [0, 0.1) is 0 Å². The minimum Gasteiger partial charge on any atom is -0.370 e. The second-order valence-corrected chi connectivity index (χ2v) is 5.12. The van der Waals surface area contributed by atoms with Gasteiger partial charge in [0.05, 0.1) is 6.20 Å². The summed E-state index contributed by atoms with van der Waals surface area (Å²) in [5.41, 5.74) is 3.56. The Hall–Kier alpha value is -1.52. The zero-order valence-corrected chi connectivity index (χ0v) is 12.3. The van der Waals surface area contributed by atoms with Gasteiger partial charge in [-0.3, -0.25) is 4.68 Å². The molecule has 0 saturated heterocycles. The minimum atomic E-state index is 0.757. The molecule has 1 heterocycles. The Bertz CT molecular complexity index is 550. The SMILES string of the molecule is CNCc1ccc(Cl)cc1N(C)Cc1cnn(C)c1. The normalized spacial score (nSPS) is 10.7. The van der Waals surface area contributed by atoms with E-state index < -0.39 is 0 Å². The predicted octanol–water partition coefficient (Wildman–Crippen LogP) is 2.43. The molecule has 0 radical (unpaired) electrons. The lowest BCUT2D eigenvalue weighted by atomic mass is 10.1. The number of hydrogen-bond donors (Lipinski definition) is 1. The number of halogens is 1. The summed E-state index contributed by atoms with van der Waals surface area (Å²) >= 11 is 6.10. The van der Waals surface area contributed by atoms with Gasteiger partial charge < -0.3 is 10.2 Å². The Morgan fingerprint density at radius 2 is 2.21 bits per heavy atom. The van der Waals surface area contributed by atoms with Crippen LogP contribution in [-0.4, -0.2) is 23.9 Å². The first-order chi connectivity index (χ1) is 9.10. The second kappa shape index (κ2) is 6.08. The Labute approximate surface area is 119 Å². The van der Waals surface area contributed by atoms with Crippen molar-refractivity contribution in [2.24, 2.45) is 7.05 Å². The number of anilines is 1. The van der Waals surface area contributed by atoms with Crippen LogP contribution >= 0.6 is 11.6 Å². The summed E-state index contributed by atoms with van der Waals surface area (Å²) in [7, 11) is 5.94. The maximum Gasteiger partial charge on any atom is 0.0539 e. The van der Waals surface area contributed by atoms with E-state index in [1.54, 1.807) is 0 Å². The van der Waals surface area contributed by atoms with E-state index in [0.717, 1.165) is 23.8 Å². The fraction of sp³-hybridized carbons (Fsp3) is 0.357. The molecule has 0 unspecified atom stereocenters. The van der Waals surface area contributed by atoms with Gasteiger partial charge in [0.1, 0.15) is 0 Å². The molecule has 1 N–H and O–H groups in total. The molecule has 0 aliphatic rings. The summed E-state index contributed by atoms with van der Waals surface area (Å²) in [6, 6.07) is 5.99. The quantitative estimate of drug-likeness (QED) is 0.912. The van der Waals surface area contributed by atoms with Crippen LogP contribution in [0.1, 0.15) is 11.1 Å². The Morgan fingerprint density at radius 1 is 1.42 bits per heavy atom. The number of aromatic nitrogens is 2. The molecule has 2 rings (SSSR count). The highest BCUT2D eigenvalue weighted by molar-refractivity contribution is 6.30. The van der Waals surface area contributed by atoms with Gasteiger partial charge in [-0.05, 0) is 24.7 Å². The lowest BCUT2D eigenvalue weighted by Gasteiger charge is -2.22. The lowest BCUT2D eigenvalue weighted by molar-refractivity contribution is 0.766. The molecular formula is C14H19ClN4. The third kappa shape index (κ3) is 3.49. The average Bonchev–Trinajstić information content (AvgIpc) is 2.77. The van der Waals surface area contributed by atoms with Crippen molar-refractivity contribution in [3.05, 3.63) is 46.7 Å². The number of rotatable bonds is 5. The number of aryl methyl sites for hydroxylation is 1. The fourth-order valence-corrected chi connectivity index (χ4v) is 2.31. The molecule has 0 aliphatic carbocycles. The van der Waals surface area contributed by atoms with Crippen molar-refractivity contribution in [2.75, 3.05) is 19.0 Å². The zero-order valence-electron chi connectivity index (χ0n) is 11.5. The van der Waals surface area contributed by atoms with Gasteiger partial charge in [0, 0.05) is 49.7 Å². The summed E-state index contributed by atoms with van der Waals surface area (Å²) in [5.74, 6) is 0. The topological polar surface area (TPSA) is 33.1 Å². The van der Waals surface area contributed by atoms with Crippen LogP contribution in [0.15, 0.2) is 30.6 Å². The molecule has 0 fully saturated rings. The number of nitrogens with zero attached hydrogens (tertiary/aromatic N) is 3. The van der Waals surface area contributed by atoms with Crippen molar-refractivity contribution in [1.82, 2.24) is 15.1 Å². The van der Waals surface area contributed by atoms with Gasteiger partial charge in [-0.25, -0.2) is 0 Å². The number of hydrogen-bond acceptors (Lipinski definition) is 3. The summed E-state index contributed by atoms with van der Waals surface area (Å²) in [5, 5.41) is 8.13. The largest absolute Gasteiger partial charge is 0.370 e. The van der Waals surface area contributed by atoms with E-state index in [9.17, 15) is 0 Å². The van der Waals surface area contributed by atoms with E-state index in [2.05, 4.69) is 28.4 Å². The highest BCUT2D eigenvalue weighted by Crippen LogP contribution is 2.25. The highest BCUT2D eigenvalue weighted by atomic mass is 35.5. The molecule has 1 aromatic carbocycles. The molecule has 0 bridgehead atoms. The third-order valence-corrected chi connectivity index (χ3v) is 3.24. The summed E-state index contributed by atoms with van der Waals surface area (Å²) in [4.78, 5) is 2.19. The Morgan fingerprint density at radius 3 is 2.84 bits per heavy atom. The van der Waals surface area contributed by atoms with Crippen molar-refractivity contribution in [3.63, 3.8) is 0 Å². The smallest absolute Gasteiger partial charge is 0.0539 e. The molecule has 2 aromatic rings. The van der Waals surface area contributed by atoms with Crippen molar-refractivity contribution >= 4 is 17.3 Å². The minimum absolute atomic E-state index is 0.757. The molecular weight excluding hydrogens is 260 g/mol. The third-order valence-electron chi connectivity index (χ3n) is 3.00. The molecule has 5 heteroatoms. The monoisotopic (exact) mass is 278 g/mol. The lowest BCUT2D eigenvalue weighted by Crippen LogP contribution is -2.19. The van der Waals surface area contributed by atoms with Gasteiger partial charge in [-0.15, -0.1) is 0 Å². The molecule has 0 aliphatic heterocycles. The molecule has 1 aromatic heterocycles. The van der Waals surface area contributed by atoms with Crippen molar-refractivity contribution in [2.45, 2.75) is 13.1 Å². The first-order valence-electron chi connectivity index (χ1n) is 6.22. The van der Waals surface area contributed by atoms with Gasteiger partial charge in [0.25, 0.3) is 0 Å². The Balaban J connectivity index is 2.21. The first-order valence-corrected chi connectivity index (χ1v) is 6.59. The van der Waals surface area contributed by atoms with E-state index in [1.807, 2.05) is 43.3 Å². The summed E-state index contributed by atoms with van der Waals surface area (Å²) in [6.45, 7) is 1.63. The van der Waals surface area contributed by atoms with E-state index in [-0.39, 0.29) is 0 Å². The van der Waals surface area contributed by atoms with Crippen LogP contribution in [0.3, 0.4) is 0 Å². The van der Waals surface area contributed by atoms with E-state index in [4.69, 9.17) is 11.6 Å². The average molecular weight is 279 g/mol. The summed E-state index contributed by atoms with van der Waals surface area (Å²) < 4.78 is 1.82. The molecule has 0 atom stereocenters. The second-order valence-electron chi connectivity index (χ2n) is 4.68. The molecule has 0 spiro atoms. The van der Waals surface area contributed by atoms with E-state index >= 15 is 0 Å². The first kappa shape index (κ1) is 13.9. The predicted molar refractivity (Wildman–Crippen MR) is 79.5 cm³/mol. The van der Waals surface area contributed by atoms with Gasteiger partial charge in [0.15, 0.2) is 0 Å². The van der Waals surface area contributed by atoms with E-state index in [0.29, 0.717) is 0 Å². The van der Waals surface area contributed by atoms with E-state index in [1.165, 1.54) is 11.1 Å². The zero-order chi connectivity index (χ0) is 13.8. The van der Waals surface area contributed by atoms with Gasteiger partial charge >= 0.3 is 0 Å². The maximum atomic E-state index is 6.10. The maximum absolute atomic E-state index is 6.10. The van der Waals surface area contributed by atoms with Gasteiger partial charge in [0.2, 0.25) is 0 Å². The van der Waals surface area contributed by atoms with Crippen LogP contribution in [0.5, 0.6) is 0 Å². The molecule has 0 amide bonds. The number of nitrogens with one attached hydrogen (secondary N) is 1. The van der Waals surface area contributed by atoms with Gasteiger partial charge in [-0.1, -0.05) is 17.7 Å². The van der Waals surface area contributed by atoms with Crippen molar-refractivity contribution in [3.8, 4) is 0 Å². The highest BCUT2D eigenvalue weighted by Gasteiger charge is 2.09. The van der Waals surface area contributed by atoms with Crippen LogP contribution in [0.2, 0.25) is 5.02 Å². The number of benzene rings is 1. The van der Waals surface area contributed by atoms with Crippen LogP contribution in [0.25, 0.3) is 0 Å². The van der Waals surface area contributed by atoms with Crippen molar-refractivity contribution < 1.29 is 0 Å².